The van der Waals surface area contributed by atoms with E-state index in [1.165, 1.54) is 127 Å². The topological polar surface area (TPSA) is 0 Å². The van der Waals surface area contributed by atoms with Gasteiger partial charge < -0.3 is 24.8 Å². The first-order valence-corrected chi connectivity index (χ1v) is 20.6. The third kappa shape index (κ3) is 7.44. The maximum atomic E-state index is 2.58. The van der Waals surface area contributed by atoms with Gasteiger partial charge in [-0.05, 0) is 0 Å². The van der Waals surface area contributed by atoms with Crippen molar-refractivity contribution in [2.45, 2.75) is 72.6 Å². The Labute approximate surface area is 361 Å². The molecule has 0 aromatic heterocycles. The van der Waals surface area contributed by atoms with Gasteiger partial charge in [0, 0.05) is 0 Å². The van der Waals surface area contributed by atoms with Gasteiger partial charge in [0.05, 0.1) is 0 Å². The van der Waals surface area contributed by atoms with Crippen molar-refractivity contribution < 1.29 is 49.5 Å². The van der Waals surface area contributed by atoms with Crippen LogP contribution in [0.1, 0.15) is 92.5 Å². The van der Waals surface area contributed by atoms with Gasteiger partial charge in [-0.15, -0.1) is 0 Å². The fraction of sp³-hybridized carbons (Fsp3) is 0.208. The van der Waals surface area contributed by atoms with Crippen LogP contribution in [0.2, 0.25) is 0 Å². The summed E-state index contributed by atoms with van der Waals surface area (Å²) in [5.41, 5.74) is 18.4. The van der Waals surface area contributed by atoms with E-state index in [0.29, 0.717) is 0 Å². The number of halogens is 2. The van der Waals surface area contributed by atoms with Crippen molar-refractivity contribution in [3.63, 3.8) is 0 Å². The van der Waals surface area contributed by atoms with Gasteiger partial charge in [-0.2, -0.15) is 0 Å². The Balaban J connectivity index is 0.00000266. The third-order valence-electron chi connectivity index (χ3n) is 11.2. The van der Waals surface area contributed by atoms with E-state index in [4.69, 9.17) is 0 Å². The molecular formula is C53H49Cl2Zr. The van der Waals surface area contributed by atoms with Crippen LogP contribution in [-0.4, -0.2) is 0 Å². The Hall–Kier alpha value is -4.00. The number of rotatable bonds is 5. The van der Waals surface area contributed by atoms with Crippen LogP contribution < -0.4 is 35.3 Å². The van der Waals surface area contributed by atoms with E-state index in [9.17, 15) is 0 Å². The maximum absolute atomic E-state index is 2.58. The number of benzene rings is 6. The summed E-state index contributed by atoms with van der Waals surface area (Å²) in [5, 5.41) is 5.50. The molecule has 279 valence electrons. The van der Waals surface area contributed by atoms with Crippen molar-refractivity contribution in [2.75, 3.05) is 0 Å². The second-order valence-corrected chi connectivity index (χ2v) is 18.5. The second kappa shape index (κ2) is 16.1. The quantitative estimate of drug-likeness (QED) is 0.196. The molecule has 0 nitrogen and oxygen atoms in total. The van der Waals surface area contributed by atoms with Crippen LogP contribution in [0.3, 0.4) is 0 Å². The van der Waals surface area contributed by atoms with E-state index in [1.807, 2.05) is 0 Å². The Morgan fingerprint density at radius 1 is 0.571 bits per heavy atom. The Morgan fingerprint density at radius 2 is 1.11 bits per heavy atom. The van der Waals surface area contributed by atoms with Crippen LogP contribution in [0.5, 0.6) is 0 Å². The normalized spacial score (nSPS) is 13.1. The van der Waals surface area contributed by atoms with Gasteiger partial charge in [-0.3, -0.25) is 0 Å². The standard InChI is InChI=1S/C53H49.2ClH.Zr/c1-34-23-27-39(28-24-34)46(40-29-25-35(2)26-30-40)50-49-43-33-45(52(3,4)5)42(36-17-11-9-12-18-36)31-41(43)32-44(49)47(37-21-15-16-22-37)48(51(50)53(6,7)8)38-19-13-10-14-20-38;;;/h9-21,23-31,33H,22H2,1-8H3;2*1H;/q;;;+2/p-2. The van der Waals surface area contributed by atoms with Crippen LogP contribution in [0, 0.1) is 24.3 Å². The van der Waals surface area contributed by atoms with Gasteiger partial charge in [0.25, 0.3) is 0 Å². The summed E-state index contributed by atoms with van der Waals surface area (Å²) in [6.07, 6.45) is 7.89. The third-order valence-corrected chi connectivity index (χ3v) is 12.5. The number of aryl methyl sites for hydroxylation is 2. The van der Waals surface area contributed by atoms with Gasteiger partial charge in [0.15, 0.2) is 0 Å². The van der Waals surface area contributed by atoms with E-state index in [-0.39, 0.29) is 35.6 Å². The van der Waals surface area contributed by atoms with Gasteiger partial charge in [-0.1, -0.05) is 0 Å². The Kier molecular flexibility index (Phi) is 12.0. The minimum atomic E-state index is -0.196. The zero-order chi connectivity index (χ0) is 37.9. The van der Waals surface area contributed by atoms with Crippen LogP contribution in [0.15, 0.2) is 140 Å². The van der Waals surface area contributed by atoms with E-state index >= 15 is 0 Å². The Bertz CT molecular complexity index is 2680. The van der Waals surface area contributed by atoms with Gasteiger partial charge >= 0.3 is 339 Å². The first kappa shape index (κ1) is 41.6. The summed E-state index contributed by atoms with van der Waals surface area (Å²) in [6.45, 7) is 18.8. The smallest absolute Gasteiger partial charge is 1.00 e. The van der Waals surface area contributed by atoms with Crippen molar-refractivity contribution in [2.24, 2.45) is 0 Å². The molecule has 56 heavy (non-hydrogen) atoms. The molecule has 0 radical (unpaired) electrons. The van der Waals surface area contributed by atoms with Crippen LogP contribution in [0.25, 0.3) is 36.7 Å². The first-order valence-electron chi connectivity index (χ1n) is 19.3. The predicted molar refractivity (Wildman–Crippen MR) is 226 cm³/mol. The molecule has 6 aromatic carbocycles. The predicted octanol–water partition coefficient (Wildman–Crippen LogP) is 6.13. The van der Waals surface area contributed by atoms with E-state index in [0.717, 1.165) is 6.42 Å². The molecule has 0 atom stereocenters. The number of allylic oxidation sites excluding steroid dienone is 4. The summed E-state index contributed by atoms with van der Waals surface area (Å²) in [6, 6.07) is 45.9. The molecule has 0 aliphatic heterocycles. The van der Waals surface area contributed by atoms with E-state index < -0.39 is 0 Å². The van der Waals surface area contributed by atoms with Crippen molar-refractivity contribution in [1.82, 2.24) is 0 Å². The van der Waals surface area contributed by atoms with Gasteiger partial charge in [-0.25, -0.2) is 0 Å². The summed E-state index contributed by atoms with van der Waals surface area (Å²) >= 11 is 1.43. The average molecular weight is 848 g/mol. The number of fused-ring (bicyclic) bond motifs is 2. The molecule has 2 aliphatic carbocycles. The molecule has 0 saturated heterocycles. The molecule has 2 aliphatic rings. The zero-order valence-corrected chi connectivity index (χ0v) is 37.7. The molecule has 0 unspecified atom stereocenters. The second-order valence-electron chi connectivity index (χ2n) is 17.2. The number of hydrogen-bond donors (Lipinski definition) is 0. The molecular weight excluding hydrogens is 799 g/mol. The average Bonchev–Trinajstić information content (AvgIpc) is 3.79. The molecule has 3 heteroatoms. The summed E-state index contributed by atoms with van der Waals surface area (Å²) < 4.78 is 1.44. The van der Waals surface area contributed by atoms with Crippen LogP contribution in [-0.2, 0) is 35.5 Å². The molecule has 6 aromatic rings. The van der Waals surface area contributed by atoms with Crippen LogP contribution in [0.4, 0.5) is 0 Å². The fourth-order valence-electron chi connectivity index (χ4n) is 8.64. The van der Waals surface area contributed by atoms with Crippen molar-refractivity contribution in [1.29, 1.82) is 0 Å². The van der Waals surface area contributed by atoms with Gasteiger partial charge in [0.1, 0.15) is 0 Å². The maximum Gasteiger partial charge on any atom is -1.00 e. The largest absolute Gasteiger partial charge is 1.00 e. The fourth-order valence-corrected chi connectivity index (χ4v) is 9.76. The molecule has 0 bridgehead atoms. The van der Waals surface area contributed by atoms with Crippen molar-refractivity contribution in [3.8, 4) is 22.3 Å². The van der Waals surface area contributed by atoms with E-state index in [1.54, 1.807) is 0 Å². The summed E-state index contributed by atoms with van der Waals surface area (Å²) in [7, 11) is 0. The monoisotopic (exact) mass is 845 g/mol. The zero-order valence-electron chi connectivity index (χ0n) is 33.7. The van der Waals surface area contributed by atoms with Gasteiger partial charge in [0.2, 0.25) is 0 Å². The SMILES string of the molecule is Cc1ccc(C(c2ccc(C)cc2)=c2c(C(C)(C)C)c(-c3ccccc3)c(C3=CC=CC3)c3c2=c2cc(C(C)(C)C)c(-c4ccccc4)cc2=[C]3[Zr+2])cc1.[Cl-].[Cl-]. The molecule has 0 amide bonds. The minimum Gasteiger partial charge on any atom is -1.00 e. The number of hydrogen-bond acceptors (Lipinski definition) is 0. The summed E-state index contributed by atoms with van der Waals surface area (Å²) in [4.78, 5) is 0. The van der Waals surface area contributed by atoms with Crippen LogP contribution >= 0.6 is 0 Å². The molecule has 0 N–H and O–H groups in total. The summed E-state index contributed by atoms with van der Waals surface area (Å²) in [5.74, 6) is 0. The Morgan fingerprint density at radius 3 is 1.59 bits per heavy atom. The minimum absolute atomic E-state index is 0. The van der Waals surface area contributed by atoms with Crippen molar-refractivity contribution in [3.05, 3.63) is 205 Å². The molecule has 8 rings (SSSR count). The molecule has 0 fully saturated rings. The first-order chi connectivity index (χ1) is 25.8. The van der Waals surface area contributed by atoms with Crippen molar-refractivity contribution >= 4 is 14.4 Å². The molecule has 0 spiro atoms. The molecule has 0 saturated carbocycles. The van der Waals surface area contributed by atoms with E-state index in [2.05, 4.69) is 195 Å². The molecule has 0 heterocycles.